The van der Waals surface area contributed by atoms with Crippen molar-refractivity contribution in [3.63, 3.8) is 0 Å². The molecule has 17 heavy (non-hydrogen) atoms. The maximum absolute atomic E-state index is 12.1. The van der Waals surface area contributed by atoms with Crippen molar-refractivity contribution in [2.45, 2.75) is 16.4 Å². The van der Waals surface area contributed by atoms with Crippen molar-refractivity contribution in [2.24, 2.45) is 0 Å². The van der Waals surface area contributed by atoms with Crippen LogP contribution in [0.2, 0.25) is 0 Å². The summed E-state index contributed by atoms with van der Waals surface area (Å²) in [4.78, 5) is -0.938. The van der Waals surface area contributed by atoms with Crippen molar-refractivity contribution in [1.29, 1.82) is 5.26 Å². The number of nitrogens with zero attached hydrogens (tertiary/aromatic N) is 1. The monoisotopic (exact) mass is 299 g/mol. The van der Waals surface area contributed by atoms with Crippen LogP contribution in [-0.4, -0.2) is 15.0 Å². The fourth-order valence-corrected chi connectivity index (χ4v) is 2.42. The summed E-state index contributed by atoms with van der Waals surface area (Å²) in [6.07, 6.45) is 0. The lowest BCUT2D eigenvalue weighted by molar-refractivity contribution is -0.0536. The fourth-order valence-electron chi connectivity index (χ4n) is 1.04. The van der Waals surface area contributed by atoms with Gasteiger partial charge >= 0.3 is 6.61 Å². The van der Waals surface area contributed by atoms with Crippen molar-refractivity contribution in [3.8, 4) is 11.8 Å². The molecule has 0 atom stereocenters. The molecule has 0 saturated heterocycles. The molecule has 0 fully saturated rings. The van der Waals surface area contributed by atoms with Crippen LogP contribution in [0.4, 0.5) is 8.78 Å². The maximum atomic E-state index is 12.1. The number of alkyl halides is 2. The summed E-state index contributed by atoms with van der Waals surface area (Å²) in [5, 5.41) is 8.61. The number of halogens is 3. The summed E-state index contributed by atoms with van der Waals surface area (Å²) in [6, 6.07) is 3.57. The van der Waals surface area contributed by atoms with Crippen LogP contribution in [0, 0.1) is 11.3 Å². The molecule has 0 heterocycles. The zero-order valence-corrected chi connectivity index (χ0v) is 10.4. The van der Waals surface area contributed by atoms with Gasteiger partial charge in [0.25, 0.3) is 9.05 Å². The lowest BCUT2D eigenvalue weighted by atomic mass is 10.2. The molecule has 0 aliphatic heterocycles. The normalized spacial score (nSPS) is 11.3. The molecule has 0 aromatic heterocycles. The van der Waals surface area contributed by atoms with Crippen LogP contribution in [0.5, 0.6) is 5.75 Å². The Morgan fingerprint density at radius 3 is 2.47 bits per heavy atom. The van der Waals surface area contributed by atoms with Gasteiger partial charge in [-0.1, -0.05) is 0 Å². The Kier molecular flexibility index (Phi) is 4.19. The van der Waals surface area contributed by atoms with E-state index in [1.165, 1.54) is 0 Å². The van der Waals surface area contributed by atoms with Gasteiger partial charge in [0.2, 0.25) is 0 Å². The Hall–Kier alpha value is -1.04. The number of benzene rings is 1. The smallest absolute Gasteiger partial charge is 0.387 e. The zero-order valence-electron chi connectivity index (χ0n) is 7.89. The standard InChI is InChI=1S/C8H4ClF2NO3S2/c9-17(13,14)6-2-4(3-12)1-5(16)7(6)15-8(10)11/h1-2,8,16H. The van der Waals surface area contributed by atoms with Gasteiger partial charge in [0, 0.05) is 15.6 Å². The molecule has 0 unspecified atom stereocenters. The van der Waals surface area contributed by atoms with E-state index in [1.807, 2.05) is 0 Å². The third-order valence-corrected chi connectivity index (χ3v) is 3.29. The molecule has 0 aliphatic carbocycles. The van der Waals surface area contributed by atoms with Gasteiger partial charge in [-0.3, -0.25) is 0 Å². The van der Waals surface area contributed by atoms with Crippen LogP contribution in [0.1, 0.15) is 5.56 Å². The van der Waals surface area contributed by atoms with E-state index in [4.69, 9.17) is 15.9 Å². The summed E-state index contributed by atoms with van der Waals surface area (Å²) in [5.41, 5.74) is -0.0872. The van der Waals surface area contributed by atoms with Crippen molar-refractivity contribution >= 4 is 32.4 Å². The van der Waals surface area contributed by atoms with Gasteiger partial charge in [0.15, 0.2) is 5.75 Å². The molecule has 9 heteroatoms. The fraction of sp³-hybridized carbons (Fsp3) is 0.125. The van der Waals surface area contributed by atoms with E-state index >= 15 is 0 Å². The van der Waals surface area contributed by atoms with Gasteiger partial charge in [-0.2, -0.15) is 14.0 Å². The minimum Gasteiger partial charge on any atom is -0.432 e. The number of hydrogen-bond donors (Lipinski definition) is 1. The number of hydrogen-bond acceptors (Lipinski definition) is 5. The van der Waals surface area contributed by atoms with E-state index in [1.54, 1.807) is 6.07 Å². The molecule has 0 radical (unpaired) electrons. The summed E-state index contributed by atoms with van der Waals surface area (Å²) in [6.45, 7) is -3.23. The SMILES string of the molecule is N#Cc1cc(S)c(OC(F)F)c(S(=O)(=O)Cl)c1. The van der Waals surface area contributed by atoms with Crippen LogP contribution in [0.3, 0.4) is 0 Å². The number of ether oxygens (including phenoxy) is 1. The molecular formula is C8H4ClF2NO3S2. The van der Waals surface area contributed by atoms with E-state index in [0.717, 1.165) is 12.1 Å². The average molecular weight is 300 g/mol. The molecule has 4 nitrogen and oxygen atoms in total. The summed E-state index contributed by atoms with van der Waals surface area (Å²) in [7, 11) is 0.732. The highest BCUT2D eigenvalue weighted by Gasteiger charge is 2.23. The highest BCUT2D eigenvalue weighted by atomic mass is 35.7. The summed E-state index contributed by atoms with van der Waals surface area (Å²) < 4.78 is 50.5. The van der Waals surface area contributed by atoms with Crippen molar-refractivity contribution in [3.05, 3.63) is 17.7 Å². The zero-order chi connectivity index (χ0) is 13.2. The van der Waals surface area contributed by atoms with Gasteiger partial charge in [0.05, 0.1) is 11.6 Å². The Morgan fingerprint density at radius 2 is 2.06 bits per heavy atom. The second-order valence-corrected chi connectivity index (χ2v) is 5.77. The Bertz CT molecular complexity index is 583. The number of rotatable bonds is 3. The van der Waals surface area contributed by atoms with Gasteiger partial charge in [-0.15, -0.1) is 12.6 Å². The van der Waals surface area contributed by atoms with Crippen molar-refractivity contribution in [2.75, 3.05) is 0 Å². The van der Waals surface area contributed by atoms with E-state index < -0.39 is 26.3 Å². The first-order chi connectivity index (χ1) is 7.75. The first-order valence-corrected chi connectivity index (χ1v) is 6.68. The predicted molar refractivity (Wildman–Crippen MR) is 58.1 cm³/mol. The van der Waals surface area contributed by atoms with Crippen LogP contribution in [-0.2, 0) is 9.05 Å². The summed E-state index contributed by atoms with van der Waals surface area (Å²) in [5.74, 6) is -0.683. The molecule has 0 bridgehead atoms. The highest BCUT2D eigenvalue weighted by Crippen LogP contribution is 2.35. The molecule has 0 spiro atoms. The lowest BCUT2D eigenvalue weighted by Crippen LogP contribution is -2.07. The second-order valence-electron chi connectivity index (χ2n) is 2.75. The van der Waals surface area contributed by atoms with Crippen LogP contribution in [0.25, 0.3) is 0 Å². The molecule has 1 aromatic carbocycles. The summed E-state index contributed by atoms with van der Waals surface area (Å²) >= 11 is 3.77. The molecule has 0 saturated carbocycles. The first-order valence-electron chi connectivity index (χ1n) is 3.92. The molecular weight excluding hydrogens is 296 g/mol. The molecule has 0 aliphatic rings. The number of nitriles is 1. The second kappa shape index (κ2) is 5.08. The minimum absolute atomic E-state index is 0.0872. The highest BCUT2D eigenvalue weighted by molar-refractivity contribution is 8.13. The van der Waals surface area contributed by atoms with Gasteiger partial charge in [0.1, 0.15) is 4.90 Å². The number of thiol groups is 1. The van der Waals surface area contributed by atoms with E-state index in [9.17, 15) is 17.2 Å². The van der Waals surface area contributed by atoms with Crippen LogP contribution in [0.15, 0.2) is 21.9 Å². The van der Waals surface area contributed by atoms with Gasteiger partial charge in [-0.25, -0.2) is 8.42 Å². The Balaban J connectivity index is 3.53. The maximum Gasteiger partial charge on any atom is 0.387 e. The van der Waals surface area contributed by atoms with Gasteiger partial charge in [-0.05, 0) is 12.1 Å². The topological polar surface area (TPSA) is 67.2 Å². The third-order valence-electron chi connectivity index (χ3n) is 1.63. The third kappa shape index (κ3) is 3.46. The van der Waals surface area contributed by atoms with Crippen LogP contribution >= 0.6 is 23.3 Å². The Morgan fingerprint density at radius 1 is 1.47 bits per heavy atom. The van der Waals surface area contributed by atoms with E-state index in [2.05, 4.69) is 17.4 Å². The average Bonchev–Trinajstić information content (AvgIpc) is 2.18. The first kappa shape index (κ1) is 14.0. The van der Waals surface area contributed by atoms with Crippen molar-refractivity contribution < 1.29 is 21.9 Å². The molecule has 92 valence electrons. The Labute approximate surface area is 106 Å². The predicted octanol–water partition coefficient (Wildman–Crippen LogP) is 2.38. The molecule has 1 aromatic rings. The van der Waals surface area contributed by atoms with E-state index in [-0.39, 0.29) is 10.5 Å². The van der Waals surface area contributed by atoms with Crippen molar-refractivity contribution in [1.82, 2.24) is 0 Å². The van der Waals surface area contributed by atoms with Gasteiger partial charge < -0.3 is 4.74 Å². The molecule has 0 N–H and O–H groups in total. The largest absolute Gasteiger partial charge is 0.432 e. The van der Waals surface area contributed by atoms with Crippen LogP contribution < -0.4 is 4.74 Å². The van der Waals surface area contributed by atoms with E-state index in [0.29, 0.717) is 0 Å². The lowest BCUT2D eigenvalue weighted by Gasteiger charge is -2.11. The molecule has 0 amide bonds. The molecule has 1 rings (SSSR count). The quantitative estimate of drug-likeness (QED) is 0.687. The minimum atomic E-state index is -4.32.